The van der Waals surface area contributed by atoms with E-state index in [0.717, 1.165) is 11.4 Å². The van der Waals surface area contributed by atoms with Gasteiger partial charge in [-0.25, -0.2) is 0 Å². The van der Waals surface area contributed by atoms with Gasteiger partial charge in [0.1, 0.15) is 0 Å². The third-order valence-electron chi connectivity index (χ3n) is 11.0. The summed E-state index contributed by atoms with van der Waals surface area (Å²) in [4.78, 5) is 2.57. The van der Waals surface area contributed by atoms with E-state index >= 15 is 0 Å². The van der Waals surface area contributed by atoms with Crippen LogP contribution in [-0.2, 0) is 5.41 Å². The molecule has 0 bridgehead atoms. The van der Waals surface area contributed by atoms with Gasteiger partial charge in [0.05, 0.1) is 27.5 Å². The number of aromatic nitrogens is 2. The Morgan fingerprint density at radius 2 is 0.673 bits per heavy atom. The number of nitrogens with zero attached hydrogens (tertiary/aromatic N) is 2. The lowest BCUT2D eigenvalue weighted by Crippen LogP contribution is -2.34. The van der Waals surface area contributed by atoms with Gasteiger partial charge in [-0.05, 0) is 82.9 Å². The molecule has 0 saturated carbocycles. The van der Waals surface area contributed by atoms with Crippen molar-refractivity contribution >= 4 is 55.4 Å². The first-order chi connectivity index (χ1) is 25.8. The van der Waals surface area contributed by atoms with Crippen LogP contribution >= 0.6 is 11.8 Å². The van der Waals surface area contributed by atoms with Crippen LogP contribution in [0.2, 0.25) is 0 Å². The summed E-state index contributed by atoms with van der Waals surface area (Å²) in [7, 11) is 0. The molecule has 0 fully saturated rings. The topological polar surface area (TPSA) is 9.86 Å². The maximum Gasteiger partial charge on any atom is 0.0724 e. The molecule has 10 aromatic rings. The Morgan fingerprint density at radius 1 is 0.327 bits per heavy atom. The molecular formula is C49H32N2S. The summed E-state index contributed by atoms with van der Waals surface area (Å²) >= 11 is 1.88. The fraction of sp³-hybridized carbons (Fsp3) is 0.0204. The number of hydrogen-bond donors (Lipinski definition) is 0. The van der Waals surface area contributed by atoms with E-state index < -0.39 is 5.41 Å². The lowest BCUT2D eigenvalue weighted by molar-refractivity contribution is 0.701. The van der Waals surface area contributed by atoms with Crippen molar-refractivity contribution in [3.8, 4) is 11.4 Å². The molecule has 0 saturated heterocycles. The molecule has 0 atom stereocenters. The number of para-hydroxylation sites is 4. The third-order valence-corrected chi connectivity index (χ3v) is 12.2. The standard InChI is InChI=1S/C49H32N2S/c1-7-25-43-37(19-1)38-20-2-8-26-44(38)50(43)35-17-13-15-33(31-35)49(41-23-5-11-29-47(41)52-48-30-12-6-24-42(48)49)34-16-14-18-36(32-34)51-45-27-9-3-21-39(45)40-22-4-10-28-46(40)51/h1-32H. The normalized spacial score (nSPS) is 13.5. The second kappa shape index (κ2) is 11.4. The second-order valence-corrected chi connectivity index (χ2v) is 14.8. The third kappa shape index (κ3) is 4.08. The molecule has 1 aliphatic rings. The summed E-state index contributed by atoms with van der Waals surface area (Å²) < 4.78 is 4.87. The van der Waals surface area contributed by atoms with Crippen LogP contribution < -0.4 is 0 Å². The fourth-order valence-corrected chi connectivity index (χ4v) is 10.1. The quantitative estimate of drug-likeness (QED) is 0.180. The Kier molecular flexibility index (Phi) is 6.43. The smallest absolute Gasteiger partial charge is 0.0724 e. The number of benzene rings is 8. The minimum Gasteiger partial charge on any atom is -0.309 e. The highest BCUT2D eigenvalue weighted by Crippen LogP contribution is 2.56. The fourth-order valence-electron chi connectivity index (χ4n) is 8.94. The molecule has 3 heteroatoms. The van der Waals surface area contributed by atoms with E-state index in [1.165, 1.54) is 75.7 Å². The van der Waals surface area contributed by atoms with E-state index in [-0.39, 0.29) is 0 Å². The predicted molar refractivity (Wildman–Crippen MR) is 218 cm³/mol. The zero-order chi connectivity index (χ0) is 34.2. The Bertz CT molecular complexity index is 2710. The van der Waals surface area contributed by atoms with Crippen LogP contribution in [0.3, 0.4) is 0 Å². The van der Waals surface area contributed by atoms with Crippen molar-refractivity contribution in [2.75, 3.05) is 0 Å². The van der Waals surface area contributed by atoms with Crippen molar-refractivity contribution in [3.05, 3.63) is 216 Å². The largest absolute Gasteiger partial charge is 0.309 e. The SMILES string of the molecule is c1cc(-n2c3ccccc3c3ccccc32)cc(C2(c3cccc(-n4c5ccccc5c5ccccc54)c3)c3ccccc3Sc3ccccc32)c1. The molecule has 3 heterocycles. The summed E-state index contributed by atoms with van der Waals surface area (Å²) in [6.45, 7) is 0. The first-order valence-electron chi connectivity index (χ1n) is 17.9. The maximum absolute atomic E-state index is 2.44. The van der Waals surface area contributed by atoms with Gasteiger partial charge in [-0.15, -0.1) is 0 Å². The molecule has 0 aliphatic carbocycles. The minimum absolute atomic E-state index is 0.581. The van der Waals surface area contributed by atoms with Gasteiger partial charge in [-0.3, -0.25) is 0 Å². The lowest BCUT2D eigenvalue weighted by Gasteiger charge is -2.42. The van der Waals surface area contributed by atoms with Crippen LogP contribution in [0.25, 0.3) is 55.0 Å². The number of fused-ring (bicyclic) bond motifs is 8. The molecule has 52 heavy (non-hydrogen) atoms. The van der Waals surface area contributed by atoms with E-state index in [0.29, 0.717) is 0 Å². The molecule has 0 radical (unpaired) electrons. The van der Waals surface area contributed by atoms with Gasteiger partial charge >= 0.3 is 0 Å². The minimum atomic E-state index is -0.581. The number of hydrogen-bond acceptors (Lipinski definition) is 1. The van der Waals surface area contributed by atoms with Gasteiger partial charge in [-0.2, -0.15) is 0 Å². The van der Waals surface area contributed by atoms with Crippen LogP contribution in [0.4, 0.5) is 0 Å². The highest BCUT2D eigenvalue weighted by Gasteiger charge is 2.44. The first-order valence-corrected chi connectivity index (χ1v) is 18.7. The monoisotopic (exact) mass is 680 g/mol. The molecule has 0 unspecified atom stereocenters. The molecule has 244 valence electrons. The Balaban J connectivity index is 1.24. The summed E-state index contributed by atoms with van der Waals surface area (Å²) in [5, 5.41) is 5.06. The zero-order valence-electron chi connectivity index (χ0n) is 28.3. The van der Waals surface area contributed by atoms with Crippen molar-refractivity contribution in [1.29, 1.82) is 0 Å². The summed E-state index contributed by atoms with van der Waals surface area (Å²) in [6.07, 6.45) is 0. The second-order valence-electron chi connectivity index (χ2n) is 13.7. The maximum atomic E-state index is 2.44. The molecule has 2 nitrogen and oxygen atoms in total. The highest BCUT2D eigenvalue weighted by atomic mass is 32.2. The van der Waals surface area contributed by atoms with Crippen LogP contribution in [-0.4, -0.2) is 9.13 Å². The summed E-state index contributed by atoms with van der Waals surface area (Å²) in [5.74, 6) is 0. The van der Waals surface area contributed by atoms with Gasteiger partial charge < -0.3 is 9.13 Å². The van der Waals surface area contributed by atoms with Crippen molar-refractivity contribution < 1.29 is 0 Å². The number of rotatable bonds is 4. The first kappa shape index (κ1) is 29.4. The molecule has 0 amide bonds. The van der Waals surface area contributed by atoms with Crippen LogP contribution in [0.5, 0.6) is 0 Å². The lowest BCUT2D eigenvalue weighted by atomic mass is 9.64. The summed E-state index contributed by atoms with van der Waals surface area (Å²) in [5.41, 5.74) is 11.7. The van der Waals surface area contributed by atoms with Gasteiger partial charge in [0.15, 0.2) is 0 Å². The van der Waals surface area contributed by atoms with Crippen molar-refractivity contribution in [2.45, 2.75) is 15.2 Å². The van der Waals surface area contributed by atoms with Crippen molar-refractivity contribution in [3.63, 3.8) is 0 Å². The van der Waals surface area contributed by atoms with E-state index in [9.17, 15) is 0 Å². The Hall–Kier alpha value is -6.29. The van der Waals surface area contributed by atoms with Crippen LogP contribution in [0, 0.1) is 0 Å². The zero-order valence-corrected chi connectivity index (χ0v) is 29.1. The molecule has 0 N–H and O–H groups in total. The van der Waals surface area contributed by atoms with Crippen molar-refractivity contribution in [1.82, 2.24) is 9.13 Å². The van der Waals surface area contributed by atoms with E-state index in [4.69, 9.17) is 0 Å². The highest BCUT2D eigenvalue weighted by molar-refractivity contribution is 7.99. The summed E-state index contributed by atoms with van der Waals surface area (Å²) in [6, 6.07) is 71.7. The molecule has 2 aromatic heterocycles. The van der Waals surface area contributed by atoms with Gasteiger partial charge in [0.25, 0.3) is 0 Å². The average molecular weight is 681 g/mol. The average Bonchev–Trinajstić information content (AvgIpc) is 3.73. The molecule has 0 spiro atoms. The Labute approximate surface area is 306 Å². The molecule has 8 aromatic carbocycles. The van der Waals surface area contributed by atoms with E-state index in [1.807, 2.05) is 11.8 Å². The Morgan fingerprint density at radius 3 is 1.08 bits per heavy atom. The van der Waals surface area contributed by atoms with Crippen LogP contribution in [0.15, 0.2) is 204 Å². The van der Waals surface area contributed by atoms with E-state index in [1.54, 1.807) is 0 Å². The van der Waals surface area contributed by atoms with Gasteiger partial charge in [0.2, 0.25) is 0 Å². The van der Waals surface area contributed by atoms with Gasteiger partial charge in [0, 0.05) is 42.7 Å². The predicted octanol–water partition coefficient (Wildman–Crippen LogP) is 12.7. The van der Waals surface area contributed by atoms with Gasteiger partial charge in [-0.1, -0.05) is 145 Å². The van der Waals surface area contributed by atoms with Crippen molar-refractivity contribution in [2.24, 2.45) is 0 Å². The molecule has 1 aliphatic heterocycles. The molecule has 11 rings (SSSR count). The molecular weight excluding hydrogens is 649 g/mol. The van der Waals surface area contributed by atoms with E-state index in [2.05, 4.69) is 203 Å². The van der Waals surface area contributed by atoms with Crippen LogP contribution in [0.1, 0.15) is 22.3 Å².